The fourth-order valence-corrected chi connectivity index (χ4v) is 3.47. The van der Waals surface area contributed by atoms with E-state index >= 15 is 0 Å². The normalized spacial score (nSPS) is 10.7. The summed E-state index contributed by atoms with van der Waals surface area (Å²) in [5, 5.41) is 17.1. The number of nitrogens with zero attached hydrogens (tertiary/aromatic N) is 5. The monoisotopic (exact) mass is 495 g/mol. The van der Waals surface area contributed by atoms with Crippen molar-refractivity contribution in [1.82, 2.24) is 24.9 Å². The highest BCUT2D eigenvalue weighted by molar-refractivity contribution is 9.10. The molecule has 4 rings (SSSR count). The molecule has 32 heavy (non-hydrogen) atoms. The molecule has 5 N–H and O–H groups in total. The Hall–Kier alpha value is -4.06. The third-order valence-electron chi connectivity index (χ3n) is 4.48. The molecular formula is C20H18BrN9O2. The van der Waals surface area contributed by atoms with Gasteiger partial charge in [-0.2, -0.15) is 0 Å². The van der Waals surface area contributed by atoms with Gasteiger partial charge in [0.15, 0.2) is 0 Å². The molecule has 0 saturated carbocycles. The number of pyridine rings is 1. The number of anilines is 3. The quantitative estimate of drug-likeness (QED) is 0.162. The van der Waals surface area contributed by atoms with Crippen molar-refractivity contribution in [1.29, 1.82) is 0 Å². The first-order chi connectivity index (χ1) is 15.5. The molecule has 0 spiro atoms. The van der Waals surface area contributed by atoms with Gasteiger partial charge in [0.1, 0.15) is 11.6 Å². The number of hydrogen-bond donors (Lipinski definition) is 4. The average Bonchev–Trinajstić information content (AvgIpc) is 3.31. The van der Waals surface area contributed by atoms with Crippen LogP contribution < -0.4 is 16.4 Å². The maximum absolute atomic E-state index is 10.8. The summed E-state index contributed by atoms with van der Waals surface area (Å²) in [6, 6.07) is 10.6. The van der Waals surface area contributed by atoms with Crippen molar-refractivity contribution in [2.75, 3.05) is 29.5 Å². The van der Waals surface area contributed by atoms with E-state index in [1.165, 1.54) is 12.1 Å². The Labute approximate surface area is 190 Å². The van der Waals surface area contributed by atoms with E-state index in [1.807, 2.05) is 24.3 Å². The lowest BCUT2D eigenvalue weighted by Crippen LogP contribution is -2.16. The number of H-pyrrole nitrogens is 1. The van der Waals surface area contributed by atoms with E-state index in [1.54, 1.807) is 18.6 Å². The van der Waals surface area contributed by atoms with Gasteiger partial charge in [-0.1, -0.05) is 34.1 Å². The smallest absolute Gasteiger partial charge is 0.311 e. The van der Waals surface area contributed by atoms with Crippen molar-refractivity contribution in [2.24, 2.45) is 0 Å². The highest BCUT2D eigenvalue weighted by atomic mass is 79.9. The van der Waals surface area contributed by atoms with E-state index in [0.29, 0.717) is 30.7 Å². The standard InChI is InChI=1S/C20H18BrN9O2/c21-14-4-2-1-3-12(14)17-13(19-24-8-9-25-19)11-27-20(29-17)26-10-7-23-16-6-5-15(30(31)32)18(22)28-16/h1-6,8-9,11H,7,10H2,(H,24,25)(H3,22,23,28)(H,26,27,29). The Kier molecular flexibility index (Phi) is 6.22. The van der Waals surface area contributed by atoms with Crippen LogP contribution in [0.15, 0.2) is 59.5 Å². The number of rotatable bonds is 8. The largest absolute Gasteiger partial charge is 0.378 e. The Bertz CT molecular complexity index is 1250. The van der Waals surface area contributed by atoms with Crippen LogP contribution in [-0.4, -0.2) is 42.9 Å². The number of nitrogens with one attached hydrogen (secondary N) is 3. The predicted molar refractivity (Wildman–Crippen MR) is 125 cm³/mol. The van der Waals surface area contributed by atoms with Gasteiger partial charge in [0.05, 0.1) is 16.2 Å². The van der Waals surface area contributed by atoms with Crippen molar-refractivity contribution in [3.63, 3.8) is 0 Å². The van der Waals surface area contributed by atoms with E-state index in [-0.39, 0.29) is 11.5 Å². The SMILES string of the molecule is Nc1nc(NCCNc2ncc(-c3ncc[nH]3)c(-c3ccccc3Br)n2)ccc1[N+](=O)[O-]. The number of nitro groups is 1. The minimum Gasteiger partial charge on any atom is -0.378 e. The van der Waals surface area contributed by atoms with E-state index in [2.05, 4.69) is 46.5 Å². The van der Waals surface area contributed by atoms with Crippen molar-refractivity contribution in [2.45, 2.75) is 0 Å². The number of nitrogens with two attached hydrogens (primary N) is 1. The lowest BCUT2D eigenvalue weighted by Gasteiger charge is -2.12. The highest BCUT2D eigenvalue weighted by Gasteiger charge is 2.16. The molecule has 0 aliphatic heterocycles. The van der Waals surface area contributed by atoms with Crippen molar-refractivity contribution in [3.8, 4) is 22.6 Å². The lowest BCUT2D eigenvalue weighted by atomic mass is 10.1. The zero-order valence-electron chi connectivity index (χ0n) is 16.6. The van der Waals surface area contributed by atoms with E-state index in [0.717, 1.165) is 21.3 Å². The minimum absolute atomic E-state index is 0.136. The van der Waals surface area contributed by atoms with Crippen molar-refractivity contribution >= 4 is 39.2 Å². The summed E-state index contributed by atoms with van der Waals surface area (Å²) in [5.41, 5.74) is 7.80. The summed E-state index contributed by atoms with van der Waals surface area (Å²) in [6.07, 6.45) is 5.14. The lowest BCUT2D eigenvalue weighted by molar-refractivity contribution is -0.384. The number of aromatic nitrogens is 5. The molecule has 3 aromatic heterocycles. The average molecular weight is 496 g/mol. The van der Waals surface area contributed by atoms with Gasteiger partial charge in [0.25, 0.3) is 0 Å². The molecule has 0 atom stereocenters. The zero-order chi connectivity index (χ0) is 22.5. The third kappa shape index (κ3) is 4.64. The van der Waals surface area contributed by atoms with Crippen LogP contribution >= 0.6 is 15.9 Å². The summed E-state index contributed by atoms with van der Waals surface area (Å²) in [4.78, 5) is 30.8. The van der Waals surface area contributed by atoms with Crippen LogP contribution in [0.25, 0.3) is 22.6 Å². The summed E-state index contributed by atoms with van der Waals surface area (Å²) in [5.74, 6) is 1.43. The predicted octanol–water partition coefficient (Wildman–Crippen LogP) is 3.71. The number of halogens is 1. The molecule has 0 fully saturated rings. The molecule has 12 heteroatoms. The first kappa shape index (κ1) is 21.2. The van der Waals surface area contributed by atoms with Gasteiger partial charge in [0, 0.05) is 47.8 Å². The maximum atomic E-state index is 10.8. The van der Waals surface area contributed by atoms with Gasteiger partial charge in [-0.25, -0.2) is 19.9 Å². The van der Waals surface area contributed by atoms with Crippen LogP contribution in [0.1, 0.15) is 0 Å². The highest BCUT2D eigenvalue weighted by Crippen LogP contribution is 2.33. The second-order valence-corrected chi connectivity index (χ2v) is 7.44. The molecule has 4 aromatic rings. The Balaban J connectivity index is 1.48. The summed E-state index contributed by atoms with van der Waals surface area (Å²) < 4.78 is 0.904. The molecule has 0 aliphatic rings. The van der Waals surface area contributed by atoms with Crippen LogP contribution in [-0.2, 0) is 0 Å². The first-order valence-electron chi connectivity index (χ1n) is 9.53. The second-order valence-electron chi connectivity index (χ2n) is 6.59. The third-order valence-corrected chi connectivity index (χ3v) is 5.18. The topological polar surface area (TPSA) is 161 Å². The van der Waals surface area contributed by atoms with Gasteiger partial charge in [-0.3, -0.25) is 10.1 Å². The van der Waals surface area contributed by atoms with Gasteiger partial charge in [-0.15, -0.1) is 0 Å². The van der Waals surface area contributed by atoms with Crippen LogP contribution in [0.2, 0.25) is 0 Å². The van der Waals surface area contributed by atoms with Gasteiger partial charge in [-0.05, 0) is 12.1 Å². The fraction of sp³-hybridized carbons (Fsp3) is 0.100. The van der Waals surface area contributed by atoms with Gasteiger partial charge >= 0.3 is 5.69 Å². The summed E-state index contributed by atoms with van der Waals surface area (Å²) in [7, 11) is 0. The number of imidazole rings is 1. The molecule has 0 radical (unpaired) electrons. The molecule has 0 saturated heterocycles. The minimum atomic E-state index is -0.569. The molecule has 0 aliphatic carbocycles. The van der Waals surface area contributed by atoms with Crippen LogP contribution in [0.5, 0.6) is 0 Å². The number of benzene rings is 1. The molecule has 0 amide bonds. The maximum Gasteiger partial charge on any atom is 0.311 e. The zero-order valence-corrected chi connectivity index (χ0v) is 18.2. The molecule has 0 bridgehead atoms. The van der Waals surface area contributed by atoms with Crippen LogP contribution in [0, 0.1) is 10.1 Å². The first-order valence-corrected chi connectivity index (χ1v) is 10.3. The molecular weight excluding hydrogens is 478 g/mol. The van der Waals surface area contributed by atoms with Crippen molar-refractivity contribution in [3.05, 3.63) is 69.6 Å². The number of aromatic amines is 1. The Morgan fingerprint density at radius 3 is 2.59 bits per heavy atom. The molecule has 11 nitrogen and oxygen atoms in total. The van der Waals surface area contributed by atoms with Crippen LogP contribution in [0.4, 0.5) is 23.3 Å². The molecule has 0 unspecified atom stereocenters. The van der Waals surface area contributed by atoms with E-state index < -0.39 is 4.92 Å². The second kappa shape index (κ2) is 9.39. The van der Waals surface area contributed by atoms with E-state index in [9.17, 15) is 10.1 Å². The van der Waals surface area contributed by atoms with Crippen LogP contribution in [0.3, 0.4) is 0 Å². The van der Waals surface area contributed by atoms with E-state index in [4.69, 9.17) is 10.7 Å². The Morgan fingerprint density at radius 1 is 1.06 bits per heavy atom. The molecule has 1 aromatic carbocycles. The fourth-order valence-electron chi connectivity index (χ4n) is 3.00. The number of nitrogen functional groups attached to an aromatic ring is 1. The van der Waals surface area contributed by atoms with Gasteiger partial charge in [0.2, 0.25) is 11.8 Å². The molecule has 3 heterocycles. The summed E-state index contributed by atoms with van der Waals surface area (Å²) in [6.45, 7) is 0.950. The number of hydrogen-bond acceptors (Lipinski definition) is 9. The summed E-state index contributed by atoms with van der Waals surface area (Å²) >= 11 is 3.58. The Morgan fingerprint density at radius 2 is 1.88 bits per heavy atom. The molecule has 162 valence electrons. The van der Waals surface area contributed by atoms with Crippen molar-refractivity contribution < 1.29 is 4.92 Å². The van der Waals surface area contributed by atoms with Gasteiger partial charge < -0.3 is 21.4 Å².